The van der Waals surface area contributed by atoms with E-state index < -0.39 is 17.9 Å². The second kappa shape index (κ2) is 7.51. The van der Waals surface area contributed by atoms with Gasteiger partial charge in [0.1, 0.15) is 5.82 Å². The summed E-state index contributed by atoms with van der Waals surface area (Å²) in [7, 11) is 0. The predicted molar refractivity (Wildman–Crippen MR) is 67.1 cm³/mol. The lowest BCUT2D eigenvalue weighted by molar-refractivity contribution is -0.158. The fraction of sp³-hybridized carbons (Fsp3) is 0.429. The molecule has 0 spiro atoms. The molecule has 0 fully saturated rings. The van der Waals surface area contributed by atoms with Crippen molar-refractivity contribution in [3.63, 3.8) is 0 Å². The van der Waals surface area contributed by atoms with Crippen LogP contribution in [0, 0.1) is 11.7 Å². The van der Waals surface area contributed by atoms with Crippen molar-refractivity contribution in [3.05, 3.63) is 35.6 Å². The summed E-state index contributed by atoms with van der Waals surface area (Å²) in [6.45, 7) is 1.80. The molecule has 0 bridgehead atoms. The Hall–Kier alpha value is -1.91. The molecule has 1 atom stereocenters. The van der Waals surface area contributed by atoms with E-state index in [1.807, 2.05) is 0 Å². The SMILES string of the molecule is CCOC(=O)[C@H](CCCc1ccc(F)cc1)C(=O)O. The van der Waals surface area contributed by atoms with Crippen LogP contribution >= 0.6 is 0 Å². The van der Waals surface area contributed by atoms with E-state index in [-0.39, 0.29) is 18.8 Å². The van der Waals surface area contributed by atoms with Crippen molar-refractivity contribution >= 4 is 11.9 Å². The molecule has 0 amide bonds. The van der Waals surface area contributed by atoms with Crippen molar-refractivity contribution in [2.45, 2.75) is 26.2 Å². The molecule has 1 aromatic rings. The van der Waals surface area contributed by atoms with Crippen LogP contribution in [0.1, 0.15) is 25.3 Å². The molecular formula is C14H17FO4. The highest BCUT2D eigenvalue weighted by atomic mass is 19.1. The molecule has 19 heavy (non-hydrogen) atoms. The van der Waals surface area contributed by atoms with Crippen LogP contribution < -0.4 is 0 Å². The van der Waals surface area contributed by atoms with E-state index in [2.05, 4.69) is 0 Å². The highest BCUT2D eigenvalue weighted by molar-refractivity contribution is 5.93. The molecule has 1 aromatic carbocycles. The molecule has 4 nitrogen and oxygen atoms in total. The highest BCUT2D eigenvalue weighted by Crippen LogP contribution is 2.13. The van der Waals surface area contributed by atoms with Gasteiger partial charge >= 0.3 is 11.9 Å². The van der Waals surface area contributed by atoms with Crippen molar-refractivity contribution in [1.82, 2.24) is 0 Å². The van der Waals surface area contributed by atoms with Gasteiger partial charge in [0.05, 0.1) is 6.61 Å². The maximum Gasteiger partial charge on any atom is 0.320 e. The number of carbonyl (C=O) groups is 2. The van der Waals surface area contributed by atoms with E-state index in [1.165, 1.54) is 12.1 Å². The monoisotopic (exact) mass is 268 g/mol. The average Bonchev–Trinajstić information content (AvgIpc) is 2.36. The van der Waals surface area contributed by atoms with Crippen LogP contribution in [-0.4, -0.2) is 23.7 Å². The Labute approximate surface area is 111 Å². The Morgan fingerprint density at radius 3 is 2.47 bits per heavy atom. The van der Waals surface area contributed by atoms with Gasteiger partial charge in [0.2, 0.25) is 0 Å². The molecule has 0 aliphatic rings. The summed E-state index contributed by atoms with van der Waals surface area (Å²) in [5.41, 5.74) is 0.911. The van der Waals surface area contributed by atoms with Gasteiger partial charge in [-0.05, 0) is 43.9 Å². The zero-order valence-corrected chi connectivity index (χ0v) is 10.8. The van der Waals surface area contributed by atoms with E-state index in [9.17, 15) is 14.0 Å². The summed E-state index contributed by atoms with van der Waals surface area (Å²) in [5, 5.41) is 8.95. The molecule has 0 aliphatic carbocycles. The molecular weight excluding hydrogens is 251 g/mol. The van der Waals surface area contributed by atoms with Gasteiger partial charge in [0.15, 0.2) is 5.92 Å². The van der Waals surface area contributed by atoms with Crippen LogP contribution in [0.15, 0.2) is 24.3 Å². The Morgan fingerprint density at radius 1 is 1.32 bits per heavy atom. The number of aliphatic carboxylic acids is 1. The topological polar surface area (TPSA) is 63.6 Å². The van der Waals surface area contributed by atoms with Gasteiger partial charge in [0, 0.05) is 0 Å². The summed E-state index contributed by atoms with van der Waals surface area (Å²) < 4.78 is 17.4. The van der Waals surface area contributed by atoms with Gasteiger partial charge in [-0.15, -0.1) is 0 Å². The molecule has 0 radical (unpaired) electrons. The smallest absolute Gasteiger partial charge is 0.320 e. The number of halogens is 1. The zero-order chi connectivity index (χ0) is 14.3. The highest BCUT2D eigenvalue weighted by Gasteiger charge is 2.26. The minimum Gasteiger partial charge on any atom is -0.481 e. The van der Waals surface area contributed by atoms with Crippen LogP contribution in [0.25, 0.3) is 0 Å². The summed E-state index contributed by atoms with van der Waals surface area (Å²) in [5.74, 6) is -3.30. The quantitative estimate of drug-likeness (QED) is 0.609. The summed E-state index contributed by atoms with van der Waals surface area (Å²) >= 11 is 0. The summed E-state index contributed by atoms with van der Waals surface area (Å²) in [6.07, 6.45) is 1.34. The van der Waals surface area contributed by atoms with Crippen molar-refractivity contribution < 1.29 is 23.8 Å². The third-order valence-electron chi connectivity index (χ3n) is 2.74. The Bertz CT molecular complexity index is 428. The first kappa shape index (κ1) is 15.1. The van der Waals surface area contributed by atoms with Crippen LogP contribution in [0.3, 0.4) is 0 Å². The predicted octanol–water partition coefficient (Wildman–Crippen LogP) is 2.41. The van der Waals surface area contributed by atoms with E-state index >= 15 is 0 Å². The second-order valence-corrected chi connectivity index (χ2v) is 4.16. The van der Waals surface area contributed by atoms with Gasteiger partial charge in [-0.3, -0.25) is 9.59 Å². The number of carbonyl (C=O) groups excluding carboxylic acids is 1. The van der Waals surface area contributed by atoms with Gasteiger partial charge in [-0.2, -0.15) is 0 Å². The van der Waals surface area contributed by atoms with E-state index in [4.69, 9.17) is 9.84 Å². The first-order valence-corrected chi connectivity index (χ1v) is 6.18. The standard InChI is InChI=1S/C14H17FO4/c1-2-19-14(18)12(13(16)17)5-3-4-10-6-8-11(15)9-7-10/h6-9,12H,2-5H2,1H3,(H,16,17)/t12-/m1/s1. The van der Waals surface area contributed by atoms with Gasteiger partial charge in [0.25, 0.3) is 0 Å². The van der Waals surface area contributed by atoms with Gasteiger partial charge < -0.3 is 9.84 Å². The Balaban J connectivity index is 2.46. The van der Waals surface area contributed by atoms with Crippen LogP contribution in [0.4, 0.5) is 4.39 Å². The van der Waals surface area contributed by atoms with Crippen molar-refractivity contribution in [2.24, 2.45) is 5.92 Å². The normalized spacial score (nSPS) is 11.9. The molecule has 104 valence electrons. The lowest BCUT2D eigenvalue weighted by Crippen LogP contribution is -2.26. The van der Waals surface area contributed by atoms with E-state index in [0.29, 0.717) is 12.8 Å². The molecule has 0 saturated heterocycles. The van der Waals surface area contributed by atoms with Gasteiger partial charge in [-0.25, -0.2) is 4.39 Å². The summed E-state index contributed by atoms with van der Waals surface area (Å²) in [4.78, 5) is 22.4. The number of hydrogen-bond acceptors (Lipinski definition) is 3. The second-order valence-electron chi connectivity index (χ2n) is 4.16. The number of esters is 1. The maximum atomic E-state index is 12.7. The number of carboxylic acids is 1. The first-order chi connectivity index (χ1) is 9.04. The number of carboxylic acid groups (broad SMARTS) is 1. The number of ether oxygens (including phenoxy) is 1. The minimum absolute atomic E-state index is 0.167. The number of benzene rings is 1. The molecule has 1 N–H and O–H groups in total. The Morgan fingerprint density at radius 2 is 1.95 bits per heavy atom. The molecule has 0 heterocycles. The van der Waals surface area contributed by atoms with Crippen LogP contribution in [-0.2, 0) is 20.7 Å². The molecule has 1 rings (SSSR count). The summed E-state index contributed by atoms with van der Waals surface area (Å²) in [6, 6.07) is 6.01. The number of rotatable bonds is 7. The van der Waals surface area contributed by atoms with Crippen LogP contribution in [0.2, 0.25) is 0 Å². The third kappa shape index (κ3) is 5.07. The lowest BCUT2D eigenvalue weighted by Gasteiger charge is -2.10. The number of hydrogen-bond donors (Lipinski definition) is 1. The largest absolute Gasteiger partial charge is 0.481 e. The van der Waals surface area contributed by atoms with E-state index in [1.54, 1.807) is 19.1 Å². The zero-order valence-electron chi connectivity index (χ0n) is 10.8. The fourth-order valence-corrected chi connectivity index (χ4v) is 1.75. The molecule has 0 unspecified atom stereocenters. The number of aryl methyl sites for hydroxylation is 1. The lowest BCUT2D eigenvalue weighted by atomic mass is 9.99. The first-order valence-electron chi connectivity index (χ1n) is 6.18. The third-order valence-corrected chi connectivity index (χ3v) is 2.74. The van der Waals surface area contributed by atoms with Crippen molar-refractivity contribution in [2.75, 3.05) is 6.61 Å². The Kier molecular flexibility index (Phi) is 5.99. The molecule has 0 saturated carbocycles. The van der Waals surface area contributed by atoms with E-state index in [0.717, 1.165) is 5.56 Å². The minimum atomic E-state index is -1.17. The van der Waals surface area contributed by atoms with Gasteiger partial charge in [-0.1, -0.05) is 12.1 Å². The van der Waals surface area contributed by atoms with Crippen LogP contribution in [0.5, 0.6) is 0 Å². The maximum absolute atomic E-state index is 12.7. The van der Waals surface area contributed by atoms with Crippen molar-refractivity contribution in [3.8, 4) is 0 Å². The fourth-order valence-electron chi connectivity index (χ4n) is 1.75. The molecule has 0 aliphatic heterocycles. The average molecular weight is 268 g/mol. The molecule has 5 heteroatoms. The molecule has 0 aromatic heterocycles. The van der Waals surface area contributed by atoms with Crippen molar-refractivity contribution in [1.29, 1.82) is 0 Å².